The molecule has 3 nitrogen and oxygen atoms in total. The van der Waals surface area contributed by atoms with Crippen molar-refractivity contribution in [2.75, 3.05) is 13.1 Å². The van der Waals surface area contributed by atoms with Crippen LogP contribution in [-0.2, 0) is 6.42 Å². The van der Waals surface area contributed by atoms with E-state index in [1.165, 1.54) is 6.20 Å². The molecule has 0 aromatic carbocycles. The van der Waals surface area contributed by atoms with Gasteiger partial charge in [0, 0.05) is 12.6 Å². The van der Waals surface area contributed by atoms with Crippen LogP contribution >= 0.6 is 0 Å². The first-order chi connectivity index (χ1) is 7.20. The zero-order chi connectivity index (χ0) is 10.7. The summed E-state index contributed by atoms with van der Waals surface area (Å²) in [5, 5.41) is 13.4. The molecule has 1 aromatic heterocycles. The van der Waals surface area contributed by atoms with Crippen LogP contribution in [0.2, 0.25) is 0 Å². The van der Waals surface area contributed by atoms with E-state index in [-0.39, 0.29) is 5.82 Å². The van der Waals surface area contributed by atoms with Gasteiger partial charge in [0.2, 0.25) is 0 Å². The van der Waals surface area contributed by atoms with Crippen molar-refractivity contribution in [2.45, 2.75) is 24.9 Å². The molecule has 0 atom stereocenters. The van der Waals surface area contributed by atoms with Crippen LogP contribution in [0.4, 0.5) is 4.39 Å². The van der Waals surface area contributed by atoms with Crippen LogP contribution in [0, 0.1) is 5.82 Å². The van der Waals surface area contributed by atoms with E-state index < -0.39 is 5.60 Å². The van der Waals surface area contributed by atoms with Crippen molar-refractivity contribution < 1.29 is 9.50 Å². The van der Waals surface area contributed by atoms with Crippen molar-refractivity contribution in [3.63, 3.8) is 0 Å². The zero-order valence-electron chi connectivity index (χ0n) is 8.54. The topological polar surface area (TPSA) is 45.2 Å². The van der Waals surface area contributed by atoms with Crippen molar-refractivity contribution in [3.8, 4) is 0 Å². The third-order valence-electron chi connectivity index (χ3n) is 2.91. The maximum absolute atomic E-state index is 13.3. The van der Waals surface area contributed by atoms with E-state index in [1.807, 2.05) is 0 Å². The minimum atomic E-state index is -0.757. The van der Waals surface area contributed by atoms with Crippen LogP contribution in [0.5, 0.6) is 0 Å². The van der Waals surface area contributed by atoms with Gasteiger partial charge in [-0.2, -0.15) is 0 Å². The van der Waals surface area contributed by atoms with Crippen LogP contribution in [0.1, 0.15) is 18.4 Å². The normalized spacial score (nSPS) is 20.1. The van der Waals surface area contributed by atoms with Crippen molar-refractivity contribution in [3.05, 3.63) is 29.8 Å². The molecule has 0 aliphatic carbocycles. The molecule has 0 bridgehead atoms. The average molecular weight is 210 g/mol. The Balaban J connectivity index is 2.10. The monoisotopic (exact) mass is 210 g/mol. The Hall–Kier alpha value is -1.00. The highest BCUT2D eigenvalue weighted by atomic mass is 19.1. The van der Waals surface area contributed by atoms with Crippen molar-refractivity contribution >= 4 is 0 Å². The highest BCUT2D eigenvalue weighted by Gasteiger charge is 2.30. The lowest BCUT2D eigenvalue weighted by Gasteiger charge is -2.32. The number of aliphatic hydroxyl groups is 1. The third kappa shape index (κ3) is 2.52. The van der Waals surface area contributed by atoms with Gasteiger partial charge >= 0.3 is 0 Å². The highest BCUT2D eigenvalue weighted by molar-refractivity contribution is 5.15. The number of halogens is 1. The molecule has 1 aromatic rings. The first-order valence-electron chi connectivity index (χ1n) is 5.21. The number of aromatic nitrogens is 1. The van der Waals surface area contributed by atoms with E-state index in [0.29, 0.717) is 24.8 Å². The Kier molecular flexibility index (Phi) is 2.98. The quantitative estimate of drug-likeness (QED) is 0.761. The Bertz CT molecular complexity index is 337. The second-order valence-electron chi connectivity index (χ2n) is 4.12. The molecular weight excluding hydrogens is 195 g/mol. The number of nitrogens with zero attached hydrogens (tertiary/aromatic N) is 1. The summed E-state index contributed by atoms with van der Waals surface area (Å²) in [5.74, 6) is -0.329. The lowest BCUT2D eigenvalue weighted by molar-refractivity contribution is 0.0101. The Morgan fingerprint density at radius 1 is 1.47 bits per heavy atom. The maximum Gasteiger partial charge on any atom is 0.144 e. The first-order valence-corrected chi connectivity index (χ1v) is 5.21. The third-order valence-corrected chi connectivity index (χ3v) is 2.91. The number of hydrogen-bond acceptors (Lipinski definition) is 3. The summed E-state index contributed by atoms with van der Waals surface area (Å²) in [5.41, 5.74) is -0.206. The van der Waals surface area contributed by atoms with E-state index >= 15 is 0 Å². The van der Waals surface area contributed by atoms with E-state index in [0.717, 1.165) is 13.1 Å². The predicted octanol–water partition coefficient (Wildman–Crippen LogP) is 0.878. The fourth-order valence-corrected chi connectivity index (χ4v) is 1.97. The van der Waals surface area contributed by atoms with Crippen LogP contribution in [-0.4, -0.2) is 28.8 Å². The molecule has 15 heavy (non-hydrogen) atoms. The van der Waals surface area contributed by atoms with Crippen molar-refractivity contribution in [2.24, 2.45) is 0 Å². The summed E-state index contributed by atoms with van der Waals surface area (Å²) >= 11 is 0. The van der Waals surface area contributed by atoms with Gasteiger partial charge in [-0.25, -0.2) is 4.39 Å². The number of piperidine rings is 1. The first kappa shape index (κ1) is 10.5. The number of rotatable bonds is 2. The van der Waals surface area contributed by atoms with Gasteiger partial charge in [0.25, 0.3) is 0 Å². The molecule has 4 heteroatoms. The lowest BCUT2D eigenvalue weighted by atomic mass is 9.86. The molecule has 0 amide bonds. The molecule has 1 saturated heterocycles. The molecule has 0 spiro atoms. The summed E-state index contributed by atoms with van der Waals surface area (Å²) in [4.78, 5) is 3.69. The lowest BCUT2D eigenvalue weighted by Crippen LogP contribution is -2.43. The van der Waals surface area contributed by atoms with Gasteiger partial charge in [-0.1, -0.05) is 0 Å². The molecule has 0 radical (unpaired) electrons. The van der Waals surface area contributed by atoms with Gasteiger partial charge in [-0.15, -0.1) is 0 Å². The van der Waals surface area contributed by atoms with Crippen LogP contribution < -0.4 is 5.32 Å². The minimum Gasteiger partial charge on any atom is -0.389 e. The number of hydrogen-bond donors (Lipinski definition) is 2. The Morgan fingerprint density at radius 2 is 2.20 bits per heavy atom. The van der Waals surface area contributed by atoms with E-state index in [2.05, 4.69) is 10.3 Å². The number of pyridine rings is 1. The van der Waals surface area contributed by atoms with E-state index in [4.69, 9.17) is 0 Å². The van der Waals surface area contributed by atoms with Gasteiger partial charge in [0.15, 0.2) is 0 Å². The summed E-state index contributed by atoms with van der Waals surface area (Å²) in [7, 11) is 0. The predicted molar refractivity (Wildman–Crippen MR) is 55.0 cm³/mol. The Labute approximate surface area is 88.3 Å². The Morgan fingerprint density at radius 3 is 2.87 bits per heavy atom. The van der Waals surface area contributed by atoms with Crippen LogP contribution in [0.3, 0.4) is 0 Å². The summed E-state index contributed by atoms with van der Waals surface area (Å²) in [6.07, 6.45) is 4.48. The van der Waals surface area contributed by atoms with Gasteiger partial charge in [-0.05, 0) is 37.6 Å². The average Bonchev–Trinajstić information content (AvgIpc) is 2.22. The van der Waals surface area contributed by atoms with Crippen LogP contribution in [0.25, 0.3) is 0 Å². The summed E-state index contributed by atoms with van der Waals surface area (Å²) in [6.45, 7) is 1.59. The fraction of sp³-hybridized carbons (Fsp3) is 0.545. The van der Waals surface area contributed by atoms with Crippen molar-refractivity contribution in [1.82, 2.24) is 10.3 Å². The molecule has 1 aliphatic heterocycles. The second kappa shape index (κ2) is 4.24. The van der Waals surface area contributed by atoms with Gasteiger partial charge < -0.3 is 10.4 Å². The van der Waals surface area contributed by atoms with Gasteiger partial charge in [0.05, 0.1) is 11.8 Å². The molecule has 2 N–H and O–H groups in total. The molecular formula is C11H15FN2O. The van der Waals surface area contributed by atoms with E-state index in [1.54, 1.807) is 12.3 Å². The zero-order valence-corrected chi connectivity index (χ0v) is 8.54. The molecule has 2 rings (SSSR count). The minimum absolute atomic E-state index is 0.329. The smallest absolute Gasteiger partial charge is 0.144 e. The fourth-order valence-electron chi connectivity index (χ4n) is 1.97. The molecule has 1 fully saturated rings. The molecule has 2 heterocycles. The van der Waals surface area contributed by atoms with Gasteiger partial charge in [0.1, 0.15) is 5.82 Å². The largest absolute Gasteiger partial charge is 0.389 e. The summed E-state index contributed by atoms with van der Waals surface area (Å²) < 4.78 is 13.3. The van der Waals surface area contributed by atoms with Crippen LogP contribution in [0.15, 0.2) is 18.5 Å². The summed E-state index contributed by atoms with van der Waals surface area (Å²) in [6, 6.07) is 1.63. The molecule has 1 aliphatic rings. The molecule has 0 saturated carbocycles. The van der Waals surface area contributed by atoms with Crippen molar-refractivity contribution in [1.29, 1.82) is 0 Å². The molecule has 0 unspecified atom stereocenters. The van der Waals surface area contributed by atoms with E-state index in [9.17, 15) is 9.50 Å². The standard InChI is InChI=1S/C11H15FN2O/c12-10-8-14-4-1-9(10)7-11(15)2-5-13-6-3-11/h1,4,8,13,15H,2-3,5-7H2. The molecule has 82 valence electrons. The maximum atomic E-state index is 13.3. The number of nitrogens with one attached hydrogen (secondary N) is 1. The highest BCUT2D eigenvalue weighted by Crippen LogP contribution is 2.23. The van der Waals surface area contributed by atoms with Gasteiger partial charge in [-0.3, -0.25) is 4.98 Å². The second-order valence-corrected chi connectivity index (χ2v) is 4.12. The SMILES string of the molecule is OC1(Cc2ccncc2F)CCNCC1.